The van der Waals surface area contributed by atoms with Crippen molar-refractivity contribution in [3.63, 3.8) is 0 Å². The largest absolute Gasteiger partial charge is 0.494 e. The van der Waals surface area contributed by atoms with Crippen molar-refractivity contribution in [1.82, 2.24) is 0 Å². The maximum atomic E-state index is 13.4. The van der Waals surface area contributed by atoms with Gasteiger partial charge in [-0.1, -0.05) is 6.58 Å². The number of hydrogen-bond acceptors (Lipinski definition) is 17. The van der Waals surface area contributed by atoms with Gasteiger partial charge < -0.3 is 47.4 Å². The lowest BCUT2D eigenvalue weighted by Gasteiger charge is -2.26. The summed E-state index contributed by atoms with van der Waals surface area (Å²) >= 11 is 0. The Bertz CT molecular complexity index is 2360. The molecule has 0 unspecified atom stereocenters. The van der Waals surface area contributed by atoms with Gasteiger partial charge in [-0.25, -0.2) is 24.0 Å². The Morgan fingerprint density at radius 3 is 1.27 bits per heavy atom. The van der Waals surface area contributed by atoms with Crippen molar-refractivity contribution in [2.45, 2.75) is 51.4 Å². The van der Waals surface area contributed by atoms with E-state index in [9.17, 15) is 33.6 Å². The first-order valence-corrected chi connectivity index (χ1v) is 21.5. The smallest absolute Gasteiger partial charge is 0.343 e. The van der Waals surface area contributed by atoms with Crippen LogP contribution in [-0.2, 0) is 33.3 Å². The normalized spacial score (nSPS) is 14.1. The summed E-state index contributed by atoms with van der Waals surface area (Å²) in [6, 6.07) is 20.5. The number of unbranched alkanes of at least 4 members (excludes halogenated alkanes) is 2. The van der Waals surface area contributed by atoms with E-state index in [4.69, 9.17) is 47.4 Å². The van der Waals surface area contributed by atoms with Crippen molar-refractivity contribution in [2.75, 3.05) is 47.8 Å². The Kier molecular flexibility index (Phi) is 19.5. The highest BCUT2D eigenvalue weighted by atomic mass is 16.6. The van der Waals surface area contributed by atoms with Gasteiger partial charge in [0, 0.05) is 19.8 Å². The number of benzene rings is 4. The molecule has 1 saturated carbocycles. The van der Waals surface area contributed by atoms with Gasteiger partial charge in [0.25, 0.3) is 0 Å². The average molecular weight is 925 g/mol. The van der Waals surface area contributed by atoms with Gasteiger partial charge in [-0.05, 0) is 136 Å². The van der Waals surface area contributed by atoms with E-state index in [1.807, 2.05) is 0 Å². The van der Waals surface area contributed by atoms with Gasteiger partial charge >= 0.3 is 41.8 Å². The SMILES string of the molecule is C=CC(=O)OCCCCOc1ccc(C(=O)Oc2ccc(OC(=O)C3CCC(C(=O)Oc4ccc(OC(=O)c5ccc(OCCCCOC)cc5)cc4C(=O)OC)CC3)c(C(=O)OC)c2)cc1. The van der Waals surface area contributed by atoms with Crippen molar-refractivity contribution < 1.29 is 80.9 Å². The monoisotopic (exact) mass is 924 g/mol. The number of rotatable bonds is 23. The molecule has 1 aliphatic rings. The first-order chi connectivity index (χ1) is 32.4. The molecule has 0 N–H and O–H groups in total. The minimum atomic E-state index is -0.842. The molecule has 0 atom stereocenters. The molecule has 1 fully saturated rings. The van der Waals surface area contributed by atoms with Crippen molar-refractivity contribution in [3.8, 4) is 34.5 Å². The Balaban J connectivity index is 1.11. The van der Waals surface area contributed by atoms with Gasteiger partial charge in [-0.2, -0.15) is 0 Å². The summed E-state index contributed by atoms with van der Waals surface area (Å²) in [7, 11) is 3.94. The predicted molar refractivity (Wildman–Crippen MR) is 238 cm³/mol. The second-order valence-corrected chi connectivity index (χ2v) is 15.0. The molecular weight excluding hydrogens is 873 g/mol. The number of carbonyl (C=O) groups excluding carboxylic acids is 7. The molecule has 1 aliphatic carbocycles. The number of methoxy groups -OCH3 is 3. The summed E-state index contributed by atoms with van der Waals surface area (Å²) in [5, 5.41) is 0. The van der Waals surface area contributed by atoms with Crippen molar-refractivity contribution in [1.29, 1.82) is 0 Å². The maximum Gasteiger partial charge on any atom is 0.343 e. The highest BCUT2D eigenvalue weighted by molar-refractivity contribution is 5.96. The zero-order valence-electron chi connectivity index (χ0n) is 37.4. The number of esters is 7. The van der Waals surface area contributed by atoms with E-state index in [2.05, 4.69) is 6.58 Å². The van der Waals surface area contributed by atoms with Crippen LogP contribution >= 0.6 is 0 Å². The molecule has 0 spiro atoms. The summed E-state index contributed by atoms with van der Waals surface area (Å²) in [4.78, 5) is 89.2. The molecule has 0 aliphatic heterocycles. The molecule has 0 saturated heterocycles. The zero-order valence-corrected chi connectivity index (χ0v) is 37.4. The molecule has 4 aromatic rings. The van der Waals surface area contributed by atoms with Crippen molar-refractivity contribution in [3.05, 3.63) is 120 Å². The quantitative estimate of drug-likeness (QED) is 0.0229. The summed E-state index contributed by atoms with van der Waals surface area (Å²) < 4.78 is 53.4. The fourth-order valence-electron chi connectivity index (χ4n) is 6.68. The lowest BCUT2D eigenvalue weighted by atomic mass is 9.82. The number of hydrogen-bond donors (Lipinski definition) is 0. The second kappa shape index (κ2) is 25.8. The van der Waals surface area contributed by atoms with Crippen LogP contribution in [0.5, 0.6) is 34.5 Å². The third kappa shape index (κ3) is 15.3. The summed E-state index contributed by atoms with van der Waals surface area (Å²) in [5.74, 6) is -5.22. The molecule has 0 radical (unpaired) electrons. The Labute approximate surface area is 387 Å². The molecule has 354 valence electrons. The Hall–Kier alpha value is -7.53. The van der Waals surface area contributed by atoms with Crippen LogP contribution in [0.1, 0.15) is 92.8 Å². The first-order valence-electron chi connectivity index (χ1n) is 21.5. The van der Waals surface area contributed by atoms with Gasteiger partial charge in [-0.15, -0.1) is 0 Å². The zero-order chi connectivity index (χ0) is 48.1. The standard InChI is InChI=1S/C50H52O17/c1-5-44(51)63-29-9-8-28-62-37-20-16-35(17-21-37)46(53)65-39-23-25-43(41(31-39)50(57)60-4)67-48(55)33-12-10-32(11-13-33)47(54)66-42-24-22-38(30-40(42)49(56)59-3)64-45(52)34-14-18-36(19-15-34)61-27-7-6-26-58-2/h5,14-25,30-33H,1,6-13,26-29H2,2-4H3. The van der Waals surface area contributed by atoms with Crippen LogP contribution in [0, 0.1) is 11.8 Å². The molecule has 4 aromatic carbocycles. The van der Waals surface area contributed by atoms with Crippen LogP contribution in [0.4, 0.5) is 0 Å². The lowest BCUT2D eigenvalue weighted by molar-refractivity contribution is -0.145. The second-order valence-electron chi connectivity index (χ2n) is 15.0. The van der Waals surface area contributed by atoms with Gasteiger partial charge in [0.15, 0.2) is 0 Å². The molecule has 0 aromatic heterocycles. The molecule has 67 heavy (non-hydrogen) atoms. The summed E-state index contributed by atoms with van der Waals surface area (Å²) in [6.07, 6.45) is 5.00. The van der Waals surface area contributed by atoms with Crippen LogP contribution < -0.4 is 28.4 Å². The molecule has 0 bridgehead atoms. The topological polar surface area (TPSA) is 212 Å². The molecule has 0 amide bonds. The molecule has 17 heteroatoms. The maximum absolute atomic E-state index is 13.4. The van der Waals surface area contributed by atoms with Crippen molar-refractivity contribution >= 4 is 41.8 Å². The summed E-state index contributed by atoms with van der Waals surface area (Å²) in [6.45, 7) is 5.10. The molecule has 0 heterocycles. The van der Waals surface area contributed by atoms with Gasteiger partial charge in [-0.3, -0.25) is 9.59 Å². The number of ether oxygens (including phenoxy) is 10. The van der Waals surface area contributed by atoms with E-state index in [1.54, 1.807) is 43.5 Å². The lowest BCUT2D eigenvalue weighted by Crippen LogP contribution is -2.31. The van der Waals surface area contributed by atoms with Crippen LogP contribution in [0.3, 0.4) is 0 Å². The van der Waals surface area contributed by atoms with E-state index >= 15 is 0 Å². The van der Waals surface area contributed by atoms with Gasteiger partial charge in [0.1, 0.15) is 45.6 Å². The van der Waals surface area contributed by atoms with Gasteiger partial charge in [0.05, 0.1) is 57.0 Å². The van der Waals surface area contributed by atoms with Crippen LogP contribution in [0.25, 0.3) is 0 Å². The van der Waals surface area contributed by atoms with Crippen molar-refractivity contribution in [2.24, 2.45) is 11.8 Å². The van der Waals surface area contributed by atoms with Crippen LogP contribution in [0.2, 0.25) is 0 Å². The predicted octanol–water partition coefficient (Wildman–Crippen LogP) is 7.71. The van der Waals surface area contributed by atoms with E-state index in [0.29, 0.717) is 44.2 Å². The average Bonchev–Trinajstić information content (AvgIpc) is 3.35. The third-order valence-electron chi connectivity index (χ3n) is 10.4. The Morgan fingerprint density at radius 1 is 0.493 bits per heavy atom. The fraction of sp³-hybridized carbons (Fsp3) is 0.340. The molecule has 17 nitrogen and oxygen atoms in total. The minimum absolute atomic E-state index is 0.00921. The minimum Gasteiger partial charge on any atom is -0.494 e. The Morgan fingerprint density at radius 2 is 0.881 bits per heavy atom. The van der Waals surface area contributed by atoms with Gasteiger partial charge in [0.2, 0.25) is 0 Å². The summed E-state index contributed by atoms with van der Waals surface area (Å²) in [5.41, 5.74) is 0.138. The van der Waals surface area contributed by atoms with E-state index in [0.717, 1.165) is 33.1 Å². The first kappa shape index (κ1) is 50.5. The van der Waals surface area contributed by atoms with E-state index in [-0.39, 0.29) is 77.5 Å². The third-order valence-corrected chi connectivity index (χ3v) is 10.4. The number of carbonyl (C=O) groups is 7. The fourth-order valence-corrected chi connectivity index (χ4v) is 6.68. The molecule has 5 rings (SSSR count). The highest BCUT2D eigenvalue weighted by Gasteiger charge is 2.34. The van der Waals surface area contributed by atoms with E-state index < -0.39 is 53.6 Å². The van der Waals surface area contributed by atoms with E-state index in [1.165, 1.54) is 48.5 Å². The highest BCUT2D eigenvalue weighted by Crippen LogP contribution is 2.34. The molecular formula is C50H52O17. The van der Waals surface area contributed by atoms with Crippen LogP contribution in [-0.4, -0.2) is 89.5 Å². The van der Waals surface area contributed by atoms with Crippen LogP contribution in [0.15, 0.2) is 97.6 Å².